The van der Waals surface area contributed by atoms with Crippen LogP contribution in [0.1, 0.15) is 11.4 Å². The predicted molar refractivity (Wildman–Crippen MR) is 108 cm³/mol. The maximum atomic E-state index is 13.7. The zero-order valence-corrected chi connectivity index (χ0v) is 16.1. The number of rotatable bonds is 8. The Morgan fingerprint density at radius 3 is 2.43 bits per heavy atom. The molecule has 28 heavy (non-hydrogen) atoms. The summed E-state index contributed by atoms with van der Waals surface area (Å²) in [4.78, 5) is 8.80. The number of benzene rings is 2. The van der Waals surface area contributed by atoms with Crippen molar-refractivity contribution in [3.63, 3.8) is 0 Å². The molecule has 2 N–H and O–H groups in total. The molecule has 0 saturated heterocycles. The Kier molecular flexibility index (Phi) is 6.26. The molecule has 0 saturated carbocycles. The van der Waals surface area contributed by atoms with Gasteiger partial charge in [0, 0.05) is 24.4 Å². The third-order valence-electron chi connectivity index (χ3n) is 4.15. The molecule has 0 fully saturated rings. The summed E-state index contributed by atoms with van der Waals surface area (Å²) in [6, 6.07) is 14.1. The van der Waals surface area contributed by atoms with Crippen LogP contribution in [0.4, 0.5) is 21.7 Å². The van der Waals surface area contributed by atoms with Crippen LogP contribution in [-0.4, -0.2) is 30.7 Å². The van der Waals surface area contributed by atoms with E-state index in [1.54, 1.807) is 26.4 Å². The molecule has 0 spiro atoms. The molecule has 3 rings (SSSR count). The van der Waals surface area contributed by atoms with Crippen molar-refractivity contribution in [2.24, 2.45) is 0 Å². The summed E-state index contributed by atoms with van der Waals surface area (Å²) in [5, 5.41) is 6.47. The van der Waals surface area contributed by atoms with Gasteiger partial charge in [-0.2, -0.15) is 0 Å². The molecule has 146 valence electrons. The second kappa shape index (κ2) is 9.03. The van der Waals surface area contributed by atoms with Crippen LogP contribution in [0, 0.1) is 12.7 Å². The maximum absolute atomic E-state index is 13.7. The minimum absolute atomic E-state index is 0.195. The summed E-state index contributed by atoms with van der Waals surface area (Å²) in [7, 11) is 3.19. The highest BCUT2D eigenvalue weighted by atomic mass is 19.1. The number of aryl methyl sites for hydroxylation is 1. The Labute approximate surface area is 163 Å². The van der Waals surface area contributed by atoms with Crippen LogP contribution < -0.4 is 20.1 Å². The Bertz CT molecular complexity index is 949. The fourth-order valence-corrected chi connectivity index (χ4v) is 2.81. The Balaban J connectivity index is 1.68. The molecule has 0 unspecified atom stereocenters. The number of anilines is 3. The van der Waals surface area contributed by atoms with Crippen molar-refractivity contribution in [3.05, 3.63) is 65.7 Å². The molecule has 7 heteroatoms. The number of halogens is 1. The Hall–Kier alpha value is -3.35. The largest absolute Gasteiger partial charge is 0.493 e. The molecular weight excluding hydrogens is 359 g/mol. The summed E-state index contributed by atoms with van der Waals surface area (Å²) in [5.41, 5.74) is 1.48. The summed E-state index contributed by atoms with van der Waals surface area (Å²) in [5.74, 6) is 3.03. The van der Waals surface area contributed by atoms with Crippen LogP contribution in [0.5, 0.6) is 11.5 Å². The van der Waals surface area contributed by atoms with E-state index in [-0.39, 0.29) is 5.82 Å². The number of aromatic nitrogens is 2. The van der Waals surface area contributed by atoms with Crippen LogP contribution in [0.25, 0.3) is 0 Å². The highest BCUT2D eigenvalue weighted by molar-refractivity contribution is 5.63. The topological polar surface area (TPSA) is 68.3 Å². The van der Waals surface area contributed by atoms with Gasteiger partial charge < -0.3 is 20.1 Å². The average molecular weight is 382 g/mol. The van der Waals surface area contributed by atoms with Crippen LogP contribution >= 0.6 is 0 Å². The van der Waals surface area contributed by atoms with E-state index in [2.05, 4.69) is 20.6 Å². The van der Waals surface area contributed by atoms with Gasteiger partial charge in [0.15, 0.2) is 11.5 Å². The van der Waals surface area contributed by atoms with Gasteiger partial charge in [0.1, 0.15) is 23.3 Å². The average Bonchev–Trinajstić information content (AvgIpc) is 2.69. The molecule has 0 atom stereocenters. The van der Waals surface area contributed by atoms with Crippen molar-refractivity contribution in [2.75, 3.05) is 31.4 Å². The number of hydrogen-bond donors (Lipinski definition) is 2. The fraction of sp³-hybridized carbons (Fsp3) is 0.238. The highest BCUT2D eigenvalue weighted by Gasteiger charge is 2.07. The lowest BCUT2D eigenvalue weighted by molar-refractivity contribution is 0.355. The van der Waals surface area contributed by atoms with Crippen LogP contribution in [-0.2, 0) is 6.42 Å². The molecule has 1 aromatic heterocycles. The molecule has 0 amide bonds. The standard InChI is InChI=1S/C21H23FN4O2/c1-14-24-20(23-11-10-15-6-4-5-7-17(15)22)13-21(25-14)26-16-8-9-18(27-2)19(12-16)28-3/h4-9,12-13H,10-11H2,1-3H3,(H2,23,24,25,26). The molecule has 1 heterocycles. The van der Waals surface area contributed by atoms with E-state index in [1.165, 1.54) is 6.07 Å². The zero-order chi connectivity index (χ0) is 19.9. The van der Waals surface area contributed by atoms with Crippen molar-refractivity contribution < 1.29 is 13.9 Å². The molecular formula is C21H23FN4O2. The van der Waals surface area contributed by atoms with Gasteiger partial charge in [-0.3, -0.25) is 0 Å². The number of ether oxygens (including phenoxy) is 2. The SMILES string of the molecule is COc1ccc(Nc2cc(NCCc3ccccc3F)nc(C)n2)cc1OC. The van der Waals surface area contributed by atoms with Gasteiger partial charge in [-0.05, 0) is 37.1 Å². The van der Waals surface area contributed by atoms with Gasteiger partial charge in [-0.25, -0.2) is 14.4 Å². The van der Waals surface area contributed by atoms with Crippen molar-refractivity contribution in [2.45, 2.75) is 13.3 Å². The van der Waals surface area contributed by atoms with Crippen molar-refractivity contribution in [1.29, 1.82) is 0 Å². The van der Waals surface area contributed by atoms with Gasteiger partial charge in [-0.1, -0.05) is 18.2 Å². The van der Waals surface area contributed by atoms with Gasteiger partial charge in [0.25, 0.3) is 0 Å². The minimum atomic E-state index is -0.195. The van der Waals surface area contributed by atoms with E-state index in [0.717, 1.165) is 5.69 Å². The summed E-state index contributed by atoms with van der Waals surface area (Å²) in [6.45, 7) is 2.38. The molecule has 2 aromatic carbocycles. The number of hydrogen-bond acceptors (Lipinski definition) is 6. The third-order valence-corrected chi connectivity index (χ3v) is 4.15. The lowest BCUT2D eigenvalue weighted by Gasteiger charge is -2.12. The quantitative estimate of drug-likeness (QED) is 0.604. The van der Waals surface area contributed by atoms with E-state index in [0.29, 0.717) is 47.5 Å². The second-order valence-electron chi connectivity index (χ2n) is 6.15. The number of nitrogens with zero attached hydrogens (tertiary/aromatic N) is 2. The first-order chi connectivity index (χ1) is 13.6. The smallest absolute Gasteiger partial charge is 0.162 e. The van der Waals surface area contributed by atoms with Crippen LogP contribution in [0.2, 0.25) is 0 Å². The number of methoxy groups -OCH3 is 2. The molecule has 3 aromatic rings. The van der Waals surface area contributed by atoms with E-state index in [9.17, 15) is 4.39 Å². The van der Waals surface area contributed by atoms with Crippen LogP contribution in [0.15, 0.2) is 48.5 Å². The number of nitrogens with one attached hydrogen (secondary N) is 2. The minimum Gasteiger partial charge on any atom is -0.493 e. The molecule has 0 bridgehead atoms. The molecule has 0 aliphatic rings. The summed E-state index contributed by atoms with van der Waals surface area (Å²) < 4.78 is 24.3. The lowest BCUT2D eigenvalue weighted by Crippen LogP contribution is -2.09. The first-order valence-electron chi connectivity index (χ1n) is 8.91. The van der Waals surface area contributed by atoms with Gasteiger partial charge in [0.2, 0.25) is 0 Å². The lowest BCUT2D eigenvalue weighted by atomic mass is 10.1. The monoisotopic (exact) mass is 382 g/mol. The fourth-order valence-electron chi connectivity index (χ4n) is 2.81. The Morgan fingerprint density at radius 2 is 1.68 bits per heavy atom. The first kappa shape index (κ1) is 19.4. The zero-order valence-electron chi connectivity index (χ0n) is 16.1. The van der Waals surface area contributed by atoms with Crippen molar-refractivity contribution in [3.8, 4) is 11.5 Å². The second-order valence-corrected chi connectivity index (χ2v) is 6.15. The maximum Gasteiger partial charge on any atom is 0.162 e. The Morgan fingerprint density at radius 1 is 0.929 bits per heavy atom. The summed E-state index contributed by atoms with van der Waals surface area (Å²) in [6.07, 6.45) is 0.564. The van der Waals surface area contributed by atoms with Gasteiger partial charge in [0.05, 0.1) is 14.2 Å². The summed E-state index contributed by atoms with van der Waals surface area (Å²) >= 11 is 0. The highest BCUT2D eigenvalue weighted by Crippen LogP contribution is 2.31. The van der Waals surface area contributed by atoms with Crippen molar-refractivity contribution >= 4 is 17.3 Å². The molecule has 0 radical (unpaired) electrons. The van der Waals surface area contributed by atoms with Gasteiger partial charge in [-0.15, -0.1) is 0 Å². The molecule has 6 nitrogen and oxygen atoms in total. The first-order valence-corrected chi connectivity index (χ1v) is 8.91. The predicted octanol–water partition coefficient (Wildman–Crippen LogP) is 4.34. The van der Waals surface area contributed by atoms with E-state index in [1.807, 2.05) is 37.3 Å². The molecule has 0 aliphatic heterocycles. The van der Waals surface area contributed by atoms with Gasteiger partial charge >= 0.3 is 0 Å². The van der Waals surface area contributed by atoms with E-state index >= 15 is 0 Å². The van der Waals surface area contributed by atoms with Crippen molar-refractivity contribution in [1.82, 2.24) is 9.97 Å². The van der Waals surface area contributed by atoms with Crippen LogP contribution in [0.3, 0.4) is 0 Å². The van der Waals surface area contributed by atoms with E-state index in [4.69, 9.17) is 9.47 Å². The molecule has 0 aliphatic carbocycles. The normalized spacial score (nSPS) is 10.4. The third kappa shape index (κ3) is 4.88. The van der Waals surface area contributed by atoms with E-state index < -0.39 is 0 Å².